The summed E-state index contributed by atoms with van der Waals surface area (Å²) >= 11 is 0. The Morgan fingerprint density at radius 2 is 1.94 bits per heavy atom. The first-order valence-corrected chi connectivity index (χ1v) is 10.1. The lowest BCUT2D eigenvalue weighted by Crippen LogP contribution is -2.46. The average Bonchev–Trinajstić information content (AvgIpc) is 2.77. The normalized spacial score (nSPS) is 14.7. The number of aromatic nitrogens is 4. The highest BCUT2D eigenvalue weighted by Crippen LogP contribution is 2.21. The first-order chi connectivity index (χ1) is 14.9. The van der Waals surface area contributed by atoms with Gasteiger partial charge in [-0.1, -0.05) is 0 Å². The highest BCUT2D eigenvalue weighted by atomic mass is 16.2. The second-order valence-corrected chi connectivity index (χ2v) is 7.68. The van der Waals surface area contributed by atoms with E-state index in [2.05, 4.69) is 30.1 Å². The molecule has 0 atom stereocenters. The molecule has 3 aromatic heterocycles. The average molecular weight is 423 g/mol. The molecule has 4 heterocycles. The number of aryl methyl sites for hydroxylation is 1. The van der Waals surface area contributed by atoms with Crippen molar-refractivity contribution in [2.75, 3.05) is 38.1 Å². The molecular weight excluding hydrogens is 398 g/mol. The Kier molecular flexibility index (Phi) is 5.55. The lowest BCUT2D eigenvalue weighted by atomic mass is 10.2. The maximum absolute atomic E-state index is 12.2. The first kappa shape index (κ1) is 20.7. The van der Waals surface area contributed by atoms with Crippen LogP contribution in [0.1, 0.15) is 21.7 Å². The largest absolute Gasteiger partial charge is 0.368 e. The molecule has 1 saturated heterocycles. The second-order valence-electron chi connectivity index (χ2n) is 7.68. The molecule has 0 radical (unpaired) electrons. The van der Waals surface area contributed by atoms with Crippen LogP contribution in [0.2, 0.25) is 0 Å². The van der Waals surface area contributed by atoms with Crippen molar-refractivity contribution in [2.45, 2.75) is 13.5 Å². The van der Waals surface area contributed by atoms with Crippen LogP contribution in [0.5, 0.6) is 0 Å². The van der Waals surface area contributed by atoms with Crippen LogP contribution in [0.25, 0.3) is 11.0 Å². The van der Waals surface area contributed by atoms with Gasteiger partial charge in [-0.05, 0) is 30.7 Å². The summed E-state index contributed by atoms with van der Waals surface area (Å²) < 4.78 is 1.02. The van der Waals surface area contributed by atoms with Crippen molar-refractivity contribution >= 4 is 22.6 Å². The van der Waals surface area contributed by atoms with Gasteiger partial charge >= 0.3 is 5.69 Å². The lowest BCUT2D eigenvalue weighted by Gasteiger charge is -2.36. The van der Waals surface area contributed by atoms with Gasteiger partial charge in [0.25, 0.3) is 11.5 Å². The number of rotatable bonds is 4. The fourth-order valence-electron chi connectivity index (χ4n) is 3.86. The van der Waals surface area contributed by atoms with E-state index in [0.29, 0.717) is 17.8 Å². The minimum Gasteiger partial charge on any atom is -0.368 e. The number of carbonyl (C=O) groups is 1. The zero-order valence-electron chi connectivity index (χ0n) is 17.8. The predicted octanol–water partition coefficient (Wildman–Crippen LogP) is 0.00702. The van der Waals surface area contributed by atoms with Crippen molar-refractivity contribution in [1.82, 2.24) is 29.7 Å². The van der Waals surface area contributed by atoms with Crippen molar-refractivity contribution in [1.29, 1.82) is 0 Å². The number of aromatic amines is 1. The van der Waals surface area contributed by atoms with Gasteiger partial charge < -0.3 is 15.2 Å². The standard InChI is InChI=1S/C21H25N7O3/c1-13-17(5-4-15(24-13)19(29)22-2)28-8-6-27(7-9-28)12-14-10-16-18(23-11-14)20(30)26(3)21(31)25-16/h4-5,10-11H,6-9,12H2,1-3H3,(H,22,29)(H,25,31). The van der Waals surface area contributed by atoms with E-state index < -0.39 is 11.2 Å². The van der Waals surface area contributed by atoms with E-state index in [1.54, 1.807) is 19.3 Å². The summed E-state index contributed by atoms with van der Waals surface area (Å²) in [5, 5.41) is 2.59. The summed E-state index contributed by atoms with van der Waals surface area (Å²) in [7, 11) is 3.02. The number of pyridine rings is 2. The van der Waals surface area contributed by atoms with Crippen LogP contribution in [-0.2, 0) is 13.6 Å². The Hall–Kier alpha value is -3.53. The van der Waals surface area contributed by atoms with Gasteiger partial charge in [-0.3, -0.25) is 19.1 Å². The summed E-state index contributed by atoms with van der Waals surface area (Å²) in [5.41, 5.74) is 3.10. The summed E-state index contributed by atoms with van der Waals surface area (Å²) in [4.78, 5) is 51.8. The Morgan fingerprint density at radius 1 is 1.19 bits per heavy atom. The van der Waals surface area contributed by atoms with E-state index in [4.69, 9.17) is 0 Å². The molecule has 162 valence electrons. The van der Waals surface area contributed by atoms with E-state index in [-0.39, 0.29) is 11.4 Å². The van der Waals surface area contributed by atoms with Crippen LogP contribution in [0.3, 0.4) is 0 Å². The van der Waals surface area contributed by atoms with Crippen molar-refractivity contribution < 1.29 is 4.79 Å². The molecule has 10 nitrogen and oxygen atoms in total. The van der Waals surface area contributed by atoms with Gasteiger partial charge in [0.2, 0.25) is 0 Å². The van der Waals surface area contributed by atoms with Gasteiger partial charge in [-0.15, -0.1) is 0 Å². The monoisotopic (exact) mass is 423 g/mol. The van der Waals surface area contributed by atoms with Crippen LogP contribution < -0.4 is 21.5 Å². The summed E-state index contributed by atoms with van der Waals surface area (Å²) in [5.74, 6) is -0.192. The van der Waals surface area contributed by atoms with E-state index in [1.807, 2.05) is 19.1 Å². The highest BCUT2D eigenvalue weighted by Gasteiger charge is 2.20. The number of piperazine rings is 1. The number of hydrogen-bond acceptors (Lipinski definition) is 7. The van der Waals surface area contributed by atoms with Crippen molar-refractivity contribution in [3.05, 3.63) is 62.2 Å². The quantitative estimate of drug-likeness (QED) is 0.607. The zero-order chi connectivity index (χ0) is 22.1. The van der Waals surface area contributed by atoms with E-state index in [1.165, 1.54) is 7.05 Å². The third-order valence-corrected chi connectivity index (χ3v) is 5.63. The van der Waals surface area contributed by atoms with Crippen molar-refractivity contribution in [2.24, 2.45) is 7.05 Å². The second kappa shape index (κ2) is 8.31. The van der Waals surface area contributed by atoms with E-state index in [9.17, 15) is 14.4 Å². The number of anilines is 1. The van der Waals surface area contributed by atoms with Gasteiger partial charge in [0.1, 0.15) is 5.69 Å². The number of H-pyrrole nitrogens is 1. The zero-order valence-corrected chi connectivity index (χ0v) is 17.8. The molecule has 0 aliphatic carbocycles. The van der Waals surface area contributed by atoms with Gasteiger partial charge in [0.15, 0.2) is 5.52 Å². The molecule has 1 aliphatic rings. The van der Waals surface area contributed by atoms with Crippen LogP contribution >= 0.6 is 0 Å². The molecule has 1 amide bonds. The van der Waals surface area contributed by atoms with Gasteiger partial charge in [-0.25, -0.2) is 14.8 Å². The van der Waals surface area contributed by atoms with Crippen molar-refractivity contribution in [3.63, 3.8) is 0 Å². The maximum atomic E-state index is 12.2. The number of fused-ring (bicyclic) bond motifs is 1. The Balaban J connectivity index is 1.44. The van der Waals surface area contributed by atoms with E-state index >= 15 is 0 Å². The molecule has 1 aliphatic heterocycles. The van der Waals surface area contributed by atoms with Crippen molar-refractivity contribution in [3.8, 4) is 0 Å². The molecule has 4 rings (SSSR count). The molecule has 0 spiro atoms. The minimum atomic E-state index is -0.448. The number of amides is 1. The fraction of sp³-hybridized carbons (Fsp3) is 0.381. The maximum Gasteiger partial charge on any atom is 0.328 e. The van der Waals surface area contributed by atoms with Gasteiger partial charge in [0.05, 0.1) is 16.9 Å². The molecular formula is C21H25N7O3. The molecule has 3 aromatic rings. The molecule has 1 fully saturated rings. The number of hydrogen-bond donors (Lipinski definition) is 2. The Morgan fingerprint density at radius 3 is 2.61 bits per heavy atom. The SMILES string of the molecule is CNC(=O)c1ccc(N2CCN(Cc3cnc4c(=O)n(C)c(=O)[nH]c4c3)CC2)c(C)n1. The molecule has 0 saturated carbocycles. The molecule has 2 N–H and O–H groups in total. The molecule has 0 aromatic carbocycles. The molecule has 0 unspecified atom stereocenters. The topological polar surface area (TPSA) is 116 Å². The third-order valence-electron chi connectivity index (χ3n) is 5.63. The van der Waals surface area contributed by atoms with Crippen LogP contribution in [-0.4, -0.2) is 63.6 Å². The molecule has 31 heavy (non-hydrogen) atoms. The lowest BCUT2D eigenvalue weighted by molar-refractivity contribution is 0.0958. The fourth-order valence-corrected chi connectivity index (χ4v) is 3.86. The number of nitrogens with zero attached hydrogens (tertiary/aromatic N) is 5. The number of nitrogens with one attached hydrogen (secondary N) is 2. The van der Waals surface area contributed by atoms with Gasteiger partial charge in [-0.2, -0.15) is 0 Å². The van der Waals surface area contributed by atoms with E-state index in [0.717, 1.165) is 47.7 Å². The summed E-state index contributed by atoms with van der Waals surface area (Å²) in [6.45, 7) is 5.96. The predicted molar refractivity (Wildman–Crippen MR) is 117 cm³/mol. The Bertz CT molecular complexity index is 1260. The highest BCUT2D eigenvalue weighted by molar-refractivity contribution is 5.92. The Labute approximate surface area is 178 Å². The first-order valence-electron chi connectivity index (χ1n) is 10.1. The molecule has 10 heteroatoms. The smallest absolute Gasteiger partial charge is 0.328 e. The minimum absolute atomic E-state index is 0.192. The van der Waals surface area contributed by atoms with Crippen LogP contribution in [0, 0.1) is 6.92 Å². The summed E-state index contributed by atoms with van der Waals surface area (Å²) in [6.07, 6.45) is 1.69. The van der Waals surface area contributed by atoms with Crippen LogP contribution in [0.4, 0.5) is 5.69 Å². The number of carbonyl (C=O) groups excluding carboxylic acids is 1. The molecule has 0 bridgehead atoms. The summed E-state index contributed by atoms with van der Waals surface area (Å²) in [6, 6.07) is 5.52. The van der Waals surface area contributed by atoms with Crippen LogP contribution in [0.15, 0.2) is 34.0 Å². The van der Waals surface area contributed by atoms with Gasteiger partial charge in [0, 0.05) is 53.0 Å². The third kappa shape index (κ3) is 4.06.